The molecule has 0 aliphatic rings. The third kappa shape index (κ3) is 5.58. The lowest BCUT2D eigenvalue weighted by molar-refractivity contribution is -0.145. The van der Waals surface area contributed by atoms with Crippen LogP contribution >= 0.6 is 0 Å². The lowest BCUT2D eigenvalue weighted by Crippen LogP contribution is -2.35. The highest BCUT2D eigenvalue weighted by Gasteiger charge is 2.19. The molecule has 0 saturated carbocycles. The number of hydrogen-bond acceptors (Lipinski definition) is 4. The summed E-state index contributed by atoms with van der Waals surface area (Å²) in [5, 5.41) is 0. The minimum absolute atomic E-state index is 0.295. The summed E-state index contributed by atoms with van der Waals surface area (Å²) in [6.45, 7) is 6.31. The van der Waals surface area contributed by atoms with Crippen molar-refractivity contribution < 1.29 is 19.1 Å². The molecule has 0 aliphatic carbocycles. The molecule has 1 unspecified atom stereocenters. The summed E-state index contributed by atoms with van der Waals surface area (Å²) in [6.07, 6.45) is -0.413. The second-order valence-corrected chi connectivity index (χ2v) is 4.28. The molecule has 94 valence electrons. The number of ether oxygens (including phenoxy) is 2. The van der Waals surface area contributed by atoms with Gasteiger partial charge in [0.15, 0.2) is 0 Å². The smallest absolute Gasteiger partial charge is 0.409 e. The summed E-state index contributed by atoms with van der Waals surface area (Å²) in [6, 6.07) is 0. The lowest BCUT2D eigenvalue weighted by Gasteiger charge is -2.20. The van der Waals surface area contributed by atoms with Crippen LogP contribution in [0.2, 0.25) is 0 Å². The molecular formula is C11H21NO4. The van der Waals surface area contributed by atoms with Crippen molar-refractivity contribution in [1.29, 1.82) is 0 Å². The van der Waals surface area contributed by atoms with Crippen molar-refractivity contribution >= 4 is 12.1 Å². The average molecular weight is 231 g/mol. The van der Waals surface area contributed by atoms with E-state index < -0.39 is 6.09 Å². The summed E-state index contributed by atoms with van der Waals surface area (Å²) in [5.74, 6) is -0.375. The molecule has 0 heterocycles. The van der Waals surface area contributed by atoms with Crippen LogP contribution in [0.4, 0.5) is 4.79 Å². The Bertz CT molecular complexity index is 240. The van der Waals surface area contributed by atoms with Crippen LogP contribution in [-0.4, -0.2) is 44.3 Å². The standard InChI is InChI=1S/C11H21NO4/c1-8(2)7-16-11(14)12(4)6-9(3)10(13)15-5/h8-9H,6-7H2,1-5H3. The van der Waals surface area contributed by atoms with Crippen LogP contribution < -0.4 is 0 Å². The van der Waals surface area contributed by atoms with Crippen LogP contribution in [0.3, 0.4) is 0 Å². The molecule has 0 aliphatic heterocycles. The molecule has 0 radical (unpaired) electrons. The fraction of sp³-hybridized carbons (Fsp3) is 0.818. The van der Waals surface area contributed by atoms with E-state index in [9.17, 15) is 9.59 Å². The third-order valence-corrected chi connectivity index (χ3v) is 2.00. The Morgan fingerprint density at radius 2 is 1.81 bits per heavy atom. The quantitative estimate of drug-likeness (QED) is 0.673. The van der Waals surface area contributed by atoms with Gasteiger partial charge in [0.1, 0.15) is 0 Å². The maximum Gasteiger partial charge on any atom is 0.409 e. The van der Waals surface area contributed by atoms with Crippen LogP contribution in [0.15, 0.2) is 0 Å². The Labute approximate surface area is 96.7 Å². The van der Waals surface area contributed by atoms with E-state index in [0.717, 1.165) is 0 Å². The normalized spacial score (nSPS) is 12.1. The van der Waals surface area contributed by atoms with Crippen LogP contribution in [-0.2, 0) is 14.3 Å². The first-order valence-electron chi connectivity index (χ1n) is 5.34. The van der Waals surface area contributed by atoms with E-state index in [4.69, 9.17) is 4.74 Å². The number of esters is 1. The number of carbonyl (C=O) groups excluding carboxylic acids is 2. The molecule has 0 saturated heterocycles. The summed E-state index contributed by atoms with van der Waals surface area (Å²) in [7, 11) is 2.93. The molecule has 5 heteroatoms. The molecule has 1 amide bonds. The van der Waals surface area contributed by atoms with Gasteiger partial charge in [-0.2, -0.15) is 0 Å². The Balaban J connectivity index is 4.00. The Hall–Kier alpha value is -1.26. The van der Waals surface area contributed by atoms with E-state index >= 15 is 0 Å². The zero-order chi connectivity index (χ0) is 12.7. The highest BCUT2D eigenvalue weighted by atomic mass is 16.6. The molecule has 16 heavy (non-hydrogen) atoms. The third-order valence-electron chi connectivity index (χ3n) is 2.00. The summed E-state index contributed by atoms with van der Waals surface area (Å²) < 4.78 is 9.59. The largest absolute Gasteiger partial charge is 0.469 e. The van der Waals surface area contributed by atoms with Gasteiger partial charge in [0, 0.05) is 13.6 Å². The highest BCUT2D eigenvalue weighted by molar-refractivity contribution is 5.73. The van der Waals surface area contributed by atoms with Gasteiger partial charge in [-0.25, -0.2) is 4.79 Å². The van der Waals surface area contributed by atoms with Gasteiger partial charge in [0.2, 0.25) is 0 Å². The summed E-state index contributed by atoms with van der Waals surface area (Å²) >= 11 is 0. The van der Waals surface area contributed by atoms with E-state index in [-0.39, 0.29) is 11.9 Å². The van der Waals surface area contributed by atoms with Crippen molar-refractivity contribution in [2.24, 2.45) is 11.8 Å². The second kappa shape index (κ2) is 7.09. The molecule has 0 aromatic heterocycles. The first-order chi connectivity index (χ1) is 7.38. The fourth-order valence-electron chi connectivity index (χ4n) is 1.11. The SMILES string of the molecule is COC(=O)C(C)CN(C)C(=O)OCC(C)C. The maximum absolute atomic E-state index is 11.4. The van der Waals surface area contributed by atoms with Crippen molar-refractivity contribution in [3.8, 4) is 0 Å². The monoisotopic (exact) mass is 231 g/mol. The van der Waals surface area contributed by atoms with E-state index in [1.54, 1.807) is 14.0 Å². The predicted molar refractivity (Wildman–Crippen MR) is 60.0 cm³/mol. The van der Waals surface area contributed by atoms with E-state index in [1.807, 2.05) is 13.8 Å². The molecule has 5 nitrogen and oxygen atoms in total. The summed E-state index contributed by atoms with van der Waals surface area (Å²) in [4.78, 5) is 24.0. The van der Waals surface area contributed by atoms with Crippen LogP contribution in [0, 0.1) is 11.8 Å². The number of methoxy groups -OCH3 is 1. The van der Waals surface area contributed by atoms with Gasteiger partial charge in [-0.1, -0.05) is 20.8 Å². The minimum atomic E-state index is -0.413. The van der Waals surface area contributed by atoms with Gasteiger partial charge in [-0.15, -0.1) is 0 Å². The van der Waals surface area contributed by atoms with Gasteiger partial charge < -0.3 is 14.4 Å². The van der Waals surface area contributed by atoms with Crippen molar-refractivity contribution in [3.05, 3.63) is 0 Å². The highest BCUT2D eigenvalue weighted by Crippen LogP contribution is 2.03. The van der Waals surface area contributed by atoms with E-state index in [0.29, 0.717) is 19.1 Å². The minimum Gasteiger partial charge on any atom is -0.469 e. The molecule has 0 fully saturated rings. The number of nitrogens with zero attached hydrogens (tertiary/aromatic N) is 1. The van der Waals surface area contributed by atoms with Crippen LogP contribution in [0.1, 0.15) is 20.8 Å². The predicted octanol–water partition coefficient (Wildman–Crippen LogP) is 1.52. The van der Waals surface area contributed by atoms with Gasteiger partial charge in [-0.05, 0) is 5.92 Å². The first kappa shape index (κ1) is 14.7. The van der Waals surface area contributed by atoms with Gasteiger partial charge >= 0.3 is 12.1 Å². The molecule has 0 aromatic rings. The number of rotatable bonds is 5. The van der Waals surface area contributed by atoms with Gasteiger partial charge in [0.05, 0.1) is 19.6 Å². The van der Waals surface area contributed by atoms with Gasteiger partial charge in [0.25, 0.3) is 0 Å². The average Bonchev–Trinajstić information content (AvgIpc) is 2.24. The topological polar surface area (TPSA) is 55.8 Å². The van der Waals surface area contributed by atoms with Crippen molar-refractivity contribution in [2.45, 2.75) is 20.8 Å². The first-order valence-corrected chi connectivity index (χ1v) is 5.34. The maximum atomic E-state index is 11.4. The Morgan fingerprint density at radius 1 is 1.25 bits per heavy atom. The molecule has 0 aromatic carbocycles. The zero-order valence-electron chi connectivity index (χ0n) is 10.6. The number of amides is 1. The van der Waals surface area contributed by atoms with Crippen molar-refractivity contribution in [1.82, 2.24) is 4.90 Å². The molecule has 0 rings (SSSR count). The number of hydrogen-bond donors (Lipinski definition) is 0. The van der Waals surface area contributed by atoms with Crippen molar-refractivity contribution in [2.75, 3.05) is 27.3 Å². The fourth-order valence-corrected chi connectivity index (χ4v) is 1.11. The molecular weight excluding hydrogens is 210 g/mol. The molecule has 0 spiro atoms. The second-order valence-electron chi connectivity index (χ2n) is 4.28. The van der Waals surface area contributed by atoms with E-state index in [1.165, 1.54) is 12.0 Å². The molecule has 1 atom stereocenters. The summed E-state index contributed by atoms with van der Waals surface area (Å²) in [5.41, 5.74) is 0. The van der Waals surface area contributed by atoms with E-state index in [2.05, 4.69) is 4.74 Å². The lowest BCUT2D eigenvalue weighted by atomic mass is 10.2. The van der Waals surface area contributed by atoms with Crippen molar-refractivity contribution in [3.63, 3.8) is 0 Å². The van der Waals surface area contributed by atoms with Gasteiger partial charge in [-0.3, -0.25) is 4.79 Å². The Morgan fingerprint density at radius 3 is 2.25 bits per heavy atom. The molecule has 0 N–H and O–H groups in total. The van der Waals surface area contributed by atoms with Crippen LogP contribution in [0.5, 0.6) is 0 Å². The number of carbonyl (C=O) groups is 2. The zero-order valence-corrected chi connectivity index (χ0v) is 10.6. The van der Waals surface area contributed by atoms with Crippen LogP contribution in [0.25, 0.3) is 0 Å². The Kier molecular flexibility index (Phi) is 6.53. The molecule has 0 bridgehead atoms.